The van der Waals surface area contributed by atoms with Gasteiger partial charge in [0.1, 0.15) is 4.38 Å². The van der Waals surface area contributed by atoms with Crippen molar-refractivity contribution in [1.29, 1.82) is 0 Å². The summed E-state index contributed by atoms with van der Waals surface area (Å²) in [4.78, 5) is 29.8. The molecule has 0 spiro atoms. The van der Waals surface area contributed by atoms with Crippen molar-refractivity contribution in [3.63, 3.8) is 0 Å². The topological polar surface area (TPSA) is 70.6 Å². The fourth-order valence-corrected chi connectivity index (χ4v) is 4.77. The Morgan fingerprint density at radius 3 is 2.50 bits per heavy atom. The van der Waals surface area contributed by atoms with Crippen LogP contribution in [0.15, 0.2) is 83.9 Å². The van der Waals surface area contributed by atoms with Gasteiger partial charge in [0.05, 0.1) is 22.7 Å². The first kappa shape index (κ1) is 20.3. The molecule has 5 nitrogen and oxygen atoms in total. The van der Waals surface area contributed by atoms with Gasteiger partial charge in [-0.15, -0.1) is 0 Å². The van der Waals surface area contributed by atoms with E-state index in [1.54, 1.807) is 36.0 Å². The highest BCUT2D eigenvalue weighted by Gasteiger charge is 2.16. The fraction of sp³-hybridized carbons (Fsp3) is 0.0870. The summed E-state index contributed by atoms with van der Waals surface area (Å²) in [6, 6.07) is 24.2. The van der Waals surface area contributed by atoms with Gasteiger partial charge in [-0.05, 0) is 35.9 Å². The second-order valence-electron chi connectivity index (χ2n) is 6.50. The van der Waals surface area contributed by atoms with Gasteiger partial charge >= 0.3 is 0 Å². The maximum atomic E-state index is 12.6. The number of hydrogen-bond acceptors (Lipinski definition) is 5. The molecule has 0 saturated heterocycles. The molecule has 1 aliphatic heterocycles. The van der Waals surface area contributed by atoms with E-state index in [1.807, 2.05) is 48.5 Å². The standard InChI is InChI=1S/C23H19N3O2S2/c27-21(15-30-23-26-19-12-6-4-8-16(19)14-29-23)25-20-13-7-5-11-18(20)22(28)24-17-9-2-1-3-10-17/h1-13H,14-15H2,(H,24,28)(H,25,27). The predicted molar refractivity (Wildman–Crippen MR) is 127 cm³/mol. The quantitative estimate of drug-likeness (QED) is 0.554. The number of benzene rings is 3. The van der Waals surface area contributed by atoms with Crippen LogP contribution in [-0.2, 0) is 10.5 Å². The molecule has 0 bridgehead atoms. The number of carbonyl (C=O) groups excluding carboxylic acids is 2. The monoisotopic (exact) mass is 433 g/mol. The molecule has 1 heterocycles. The van der Waals surface area contributed by atoms with Crippen molar-refractivity contribution in [3.05, 3.63) is 90.0 Å². The normalized spacial score (nSPS) is 12.5. The Kier molecular flexibility index (Phi) is 6.51. The van der Waals surface area contributed by atoms with Crippen LogP contribution in [0.3, 0.4) is 0 Å². The van der Waals surface area contributed by atoms with E-state index in [2.05, 4.69) is 21.7 Å². The van der Waals surface area contributed by atoms with Gasteiger partial charge < -0.3 is 10.6 Å². The Morgan fingerprint density at radius 1 is 0.900 bits per heavy atom. The number of hydrogen-bond donors (Lipinski definition) is 2. The highest BCUT2D eigenvalue weighted by molar-refractivity contribution is 8.38. The number of fused-ring (bicyclic) bond motifs is 1. The summed E-state index contributed by atoms with van der Waals surface area (Å²) in [7, 11) is 0. The summed E-state index contributed by atoms with van der Waals surface area (Å²) in [6.07, 6.45) is 0. The molecule has 3 aromatic rings. The molecule has 0 aromatic heterocycles. The molecule has 7 heteroatoms. The number of amides is 2. The van der Waals surface area contributed by atoms with Crippen molar-refractivity contribution in [2.75, 3.05) is 16.4 Å². The highest BCUT2D eigenvalue weighted by Crippen LogP contribution is 2.34. The van der Waals surface area contributed by atoms with Crippen LogP contribution in [0.5, 0.6) is 0 Å². The summed E-state index contributed by atoms with van der Waals surface area (Å²) in [6.45, 7) is 0. The van der Waals surface area contributed by atoms with Gasteiger partial charge in [0, 0.05) is 11.4 Å². The lowest BCUT2D eigenvalue weighted by Crippen LogP contribution is -2.19. The minimum absolute atomic E-state index is 0.179. The second kappa shape index (κ2) is 9.65. The highest BCUT2D eigenvalue weighted by atomic mass is 32.2. The van der Waals surface area contributed by atoms with Gasteiger partial charge in [0.15, 0.2) is 0 Å². The molecule has 4 rings (SSSR count). The summed E-state index contributed by atoms with van der Waals surface area (Å²) < 4.78 is 0.874. The van der Waals surface area contributed by atoms with Crippen molar-refractivity contribution in [2.45, 2.75) is 5.75 Å². The lowest BCUT2D eigenvalue weighted by atomic mass is 10.1. The summed E-state index contributed by atoms with van der Waals surface area (Å²) in [5, 5.41) is 5.70. The van der Waals surface area contributed by atoms with Crippen LogP contribution in [0.2, 0.25) is 0 Å². The number of nitrogens with zero attached hydrogens (tertiary/aromatic N) is 1. The zero-order valence-corrected chi connectivity index (χ0v) is 17.6. The number of thioether (sulfide) groups is 2. The summed E-state index contributed by atoms with van der Waals surface area (Å²) >= 11 is 3.04. The van der Waals surface area contributed by atoms with Gasteiger partial charge in [-0.3, -0.25) is 9.59 Å². The number of para-hydroxylation sites is 3. The fourth-order valence-electron chi connectivity index (χ4n) is 2.91. The molecule has 1 aliphatic rings. The molecule has 0 saturated carbocycles. The van der Waals surface area contributed by atoms with Gasteiger partial charge in [0.25, 0.3) is 5.91 Å². The van der Waals surface area contributed by atoms with E-state index in [1.165, 1.54) is 17.3 Å². The largest absolute Gasteiger partial charge is 0.325 e. The van der Waals surface area contributed by atoms with Crippen LogP contribution in [0.1, 0.15) is 15.9 Å². The van der Waals surface area contributed by atoms with E-state index >= 15 is 0 Å². The number of nitrogens with one attached hydrogen (secondary N) is 2. The predicted octanol–water partition coefficient (Wildman–Crippen LogP) is 5.55. The van der Waals surface area contributed by atoms with Crippen molar-refractivity contribution in [2.24, 2.45) is 4.99 Å². The van der Waals surface area contributed by atoms with Crippen molar-refractivity contribution in [1.82, 2.24) is 0 Å². The average Bonchev–Trinajstić information content (AvgIpc) is 2.78. The van der Waals surface area contributed by atoms with Crippen molar-refractivity contribution < 1.29 is 9.59 Å². The van der Waals surface area contributed by atoms with E-state index in [-0.39, 0.29) is 17.6 Å². The molecule has 30 heavy (non-hydrogen) atoms. The van der Waals surface area contributed by atoms with Crippen molar-refractivity contribution in [3.8, 4) is 0 Å². The van der Waals surface area contributed by atoms with Crippen LogP contribution in [0, 0.1) is 0 Å². The molecule has 0 atom stereocenters. The average molecular weight is 434 g/mol. The molecule has 2 N–H and O–H groups in total. The number of carbonyl (C=O) groups is 2. The third kappa shape index (κ3) is 5.11. The van der Waals surface area contributed by atoms with Crippen LogP contribution in [0.25, 0.3) is 0 Å². The van der Waals surface area contributed by atoms with E-state index in [9.17, 15) is 9.59 Å². The Labute approximate surface area is 183 Å². The molecule has 0 aliphatic carbocycles. The SMILES string of the molecule is O=C(CSC1=Nc2ccccc2CS1)Nc1ccccc1C(=O)Nc1ccccc1. The van der Waals surface area contributed by atoms with Crippen molar-refractivity contribution >= 4 is 56.8 Å². The molecule has 0 radical (unpaired) electrons. The van der Waals surface area contributed by atoms with E-state index in [0.717, 1.165) is 15.8 Å². The first-order valence-electron chi connectivity index (χ1n) is 9.36. The molecular formula is C23H19N3O2S2. The number of anilines is 2. The van der Waals surface area contributed by atoms with Crippen LogP contribution in [0.4, 0.5) is 17.1 Å². The van der Waals surface area contributed by atoms with E-state index < -0.39 is 0 Å². The maximum absolute atomic E-state index is 12.6. The van der Waals surface area contributed by atoms with Crippen LogP contribution < -0.4 is 10.6 Å². The Morgan fingerprint density at radius 2 is 1.63 bits per heavy atom. The van der Waals surface area contributed by atoms with Gasteiger partial charge in [0.2, 0.25) is 5.91 Å². The molecule has 150 valence electrons. The lowest BCUT2D eigenvalue weighted by Gasteiger charge is -2.14. The molecule has 0 unspecified atom stereocenters. The van der Waals surface area contributed by atoms with Gasteiger partial charge in [-0.25, -0.2) is 4.99 Å². The first-order valence-corrected chi connectivity index (χ1v) is 11.3. The summed E-state index contributed by atoms with van der Waals surface area (Å²) in [5.74, 6) is 0.630. The smallest absolute Gasteiger partial charge is 0.257 e. The Balaban J connectivity index is 1.38. The minimum Gasteiger partial charge on any atom is -0.325 e. The molecule has 2 amide bonds. The van der Waals surface area contributed by atoms with Gasteiger partial charge in [-0.2, -0.15) is 0 Å². The Hall–Kier alpha value is -3.03. The number of rotatable bonds is 5. The molecule has 3 aromatic carbocycles. The third-order valence-electron chi connectivity index (χ3n) is 4.36. The summed E-state index contributed by atoms with van der Waals surface area (Å²) in [5.41, 5.74) is 3.77. The zero-order chi connectivity index (χ0) is 20.8. The Bertz CT molecular complexity index is 1100. The van der Waals surface area contributed by atoms with Crippen LogP contribution >= 0.6 is 23.5 Å². The third-order valence-corrected chi connectivity index (χ3v) is 6.60. The lowest BCUT2D eigenvalue weighted by molar-refractivity contribution is -0.113. The zero-order valence-electron chi connectivity index (χ0n) is 16.0. The maximum Gasteiger partial charge on any atom is 0.257 e. The first-order chi connectivity index (χ1) is 14.7. The van der Waals surface area contributed by atoms with E-state index in [4.69, 9.17) is 0 Å². The minimum atomic E-state index is -0.270. The van der Waals surface area contributed by atoms with Crippen LogP contribution in [-0.4, -0.2) is 21.9 Å². The number of aliphatic imine (C=N–C) groups is 1. The second-order valence-corrected chi connectivity index (χ2v) is 8.68. The molecule has 0 fully saturated rings. The van der Waals surface area contributed by atoms with E-state index in [0.29, 0.717) is 16.9 Å². The molecular weight excluding hydrogens is 414 g/mol. The van der Waals surface area contributed by atoms with Gasteiger partial charge in [-0.1, -0.05) is 72.1 Å².